The van der Waals surface area contributed by atoms with Crippen LogP contribution in [0.5, 0.6) is 0 Å². The van der Waals surface area contributed by atoms with Crippen LogP contribution in [0.4, 0.5) is 4.39 Å². The summed E-state index contributed by atoms with van der Waals surface area (Å²) in [6, 6.07) is 21.0. The number of carbonyl (C=O) groups excluding carboxylic acids is 1. The molecule has 2 heterocycles. The van der Waals surface area contributed by atoms with E-state index in [1.165, 1.54) is 29.0 Å². The minimum absolute atomic E-state index is 0.0687. The van der Waals surface area contributed by atoms with Crippen LogP contribution in [0.3, 0.4) is 0 Å². The molecule has 4 nitrogen and oxygen atoms in total. The van der Waals surface area contributed by atoms with E-state index in [-0.39, 0.29) is 11.7 Å². The number of rotatable bonds is 5. The standard InChI is InChI=1S/C29H29ClFN3O/c1-20-21(2)34(18-22-6-4-3-5-7-22)28-11-9-23(16-26(20)28)29(35)33-14-12-32(13-15-33)19-24-8-10-25(31)17-27(24)30/h3-11,16-17H,12-15,18-19H2,1-2H3. The lowest BCUT2D eigenvalue weighted by molar-refractivity contribution is 0.0628. The number of halogens is 2. The Morgan fingerprint density at radius 1 is 0.914 bits per heavy atom. The van der Waals surface area contributed by atoms with Crippen LogP contribution in [0.25, 0.3) is 10.9 Å². The summed E-state index contributed by atoms with van der Waals surface area (Å²) < 4.78 is 15.7. The van der Waals surface area contributed by atoms with Crippen molar-refractivity contribution < 1.29 is 9.18 Å². The molecule has 0 N–H and O–H groups in total. The normalized spacial score (nSPS) is 14.6. The van der Waals surface area contributed by atoms with E-state index in [9.17, 15) is 9.18 Å². The topological polar surface area (TPSA) is 28.5 Å². The summed E-state index contributed by atoms with van der Waals surface area (Å²) >= 11 is 6.19. The summed E-state index contributed by atoms with van der Waals surface area (Å²) in [5, 5.41) is 1.58. The van der Waals surface area contributed by atoms with Gasteiger partial charge in [0.2, 0.25) is 0 Å². The Bertz CT molecular complexity index is 1370. The number of fused-ring (bicyclic) bond motifs is 1. The molecule has 1 amide bonds. The van der Waals surface area contributed by atoms with Crippen molar-refractivity contribution in [2.24, 2.45) is 0 Å². The summed E-state index contributed by atoms with van der Waals surface area (Å²) in [4.78, 5) is 17.5. The molecule has 1 saturated heterocycles. The van der Waals surface area contributed by atoms with Crippen LogP contribution < -0.4 is 0 Å². The van der Waals surface area contributed by atoms with Gasteiger partial charge in [0.1, 0.15) is 5.82 Å². The first-order valence-electron chi connectivity index (χ1n) is 12.0. The van der Waals surface area contributed by atoms with Gasteiger partial charge in [0.15, 0.2) is 0 Å². The third-order valence-corrected chi connectivity index (χ3v) is 7.49. The second kappa shape index (κ2) is 9.84. The lowest BCUT2D eigenvalue weighted by atomic mass is 10.1. The van der Waals surface area contributed by atoms with Crippen LogP contribution in [0.15, 0.2) is 66.7 Å². The van der Waals surface area contributed by atoms with Crippen LogP contribution in [-0.4, -0.2) is 46.5 Å². The summed E-state index contributed by atoms with van der Waals surface area (Å²) in [6.45, 7) is 8.57. The van der Waals surface area contributed by atoms with Crippen LogP contribution in [-0.2, 0) is 13.1 Å². The van der Waals surface area contributed by atoms with Gasteiger partial charge in [0, 0.05) is 66.5 Å². The zero-order valence-electron chi connectivity index (χ0n) is 20.1. The maximum atomic E-state index is 13.3. The largest absolute Gasteiger partial charge is 0.340 e. The Hall–Kier alpha value is -3.15. The monoisotopic (exact) mass is 489 g/mol. The summed E-state index contributed by atoms with van der Waals surface area (Å²) in [7, 11) is 0. The molecular formula is C29H29ClFN3O. The molecular weight excluding hydrogens is 461 g/mol. The number of hydrogen-bond donors (Lipinski definition) is 0. The predicted molar refractivity (Wildman–Crippen MR) is 140 cm³/mol. The van der Waals surface area contributed by atoms with Crippen LogP contribution in [0.2, 0.25) is 5.02 Å². The quantitative estimate of drug-likeness (QED) is 0.341. The molecule has 3 aromatic carbocycles. The summed E-state index contributed by atoms with van der Waals surface area (Å²) in [5.74, 6) is -0.258. The van der Waals surface area contributed by atoms with Crippen molar-refractivity contribution in [1.29, 1.82) is 0 Å². The first-order valence-corrected chi connectivity index (χ1v) is 12.4. The molecule has 1 fully saturated rings. The average molecular weight is 490 g/mol. The predicted octanol–water partition coefficient (Wildman–Crippen LogP) is 6.06. The van der Waals surface area contributed by atoms with Crippen LogP contribution in [0, 0.1) is 19.7 Å². The van der Waals surface area contributed by atoms with Gasteiger partial charge in [0.05, 0.1) is 0 Å². The van der Waals surface area contributed by atoms with Crippen molar-refractivity contribution in [2.45, 2.75) is 26.9 Å². The number of hydrogen-bond acceptors (Lipinski definition) is 2. The van der Waals surface area contributed by atoms with E-state index in [1.807, 2.05) is 23.1 Å². The van der Waals surface area contributed by atoms with E-state index in [1.54, 1.807) is 6.07 Å². The van der Waals surface area contributed by atoms with Crippen molar-refractivity contribution >= 4 is 28.4 Å². The van der Waals surface area contributed by atoms with Gasteiger partial charge in [-0.15, -0.1) is 0 Å². The van der Waals surface area contributed by atoms with E-state index in [2.05, 4.69) is 53.6 Å². The molecule has 0 saturated carbocycles. The molecule has 0 bridgehead atoms. The highest BCUT2D eigenvalue weighted by Crippen LogP contribution is 2.28. The third kappa shape index (κ3) is 4.84. The number of benzene rings is 3. The van der Waals surface area contributed by atoms with Gasteiger partial charge in [0.25, 0.3) is 5.91 Å². The lowest BCUT2D eigenvalue weighted by Crippen LogP contribution is -2.48. The second-order valence-corrected chi connectivity index (χ2v) is 9.73. The summed E-state index contributed by atoms with van der Waals surface area (Å²) in [5.41, 5.74) is 6.48. The molecule has 0 spiro atoms. The van der Waals surface area contributed by atoms with Crippen molar-refractivity contribution in [3.05, 3.63) is 106 Å². The maximum absolute atomic E-state index is 13.3. The van der Waals surface area contributed by atoms with E-state index in [0.717, 1.165) is 41.7 Å². The van der Waals surface area contributed by atoms with Crippen molar-refractivity contribution in [2.75, 3.05) is 26.2 Å². The van der Waals surface area contributed by atoms with Gasteiger partial charge in [-0.1, -0.05) is 48.0 Å². The molecule has 6 heteroatoms. The van der Waals surface area contributed by atoms with Gasteiger partial charge in [-0.25, -0.2) is 4.39 Å². The molecule has 5 rings (SSSR count). The highest BCUT2D eigenvalue weighted by molar-refractivity contribution is 6.31. The van der Waals surface area contributed by atoms with Gasteiger partial charge < -0.3 is 9.47 Å². The van der Waals surface area contributed by atoms with E-state index in [0.29, 0.717) is 24.7 Å². The lowest BCUT2D eigenvalue weighted by Gasteiger charge is -2.35. The zero-order chi connectivity index (χ0) is 24.5. The first-order chi connectivity index (χ1) is 16.9. The molecule has 0 radical (unpaired) electrons. The minimum atomic E-state index is -0.327. The Labute approximate surface area is 210 Å². The fraction of sp³-hybridized carbons (Fsp3) is 0.276. The molecule has 180 valence electrons. The number of amides is 1. The Balaban J connectivity index is 1.29. The summed E-state index contributed by atoms with van der Waals surface area (Å²) in [6.07, 6.45) is 0. The van der Waals surface area contributed by atoms with Crippen LogP contribution >= 0.6 is 11.6 Å². The SMILES string of the molecule is Cc1c(C)n(Cc2ccccc2)c2ccc(C(=O)N3CCN(Cc4ccc(F)cc4Cl)CC3)cc12. The number of nitrogens with zero attached hydrogens (tertiary/aromatic N) is 3. The van der Waals surface area contributed by atoms with Gasteiger partial charge in [-0.3, -0.25) is 9.69 Å². The molecule has 1 aliphatic heterocycles. The molecule has 1 aliphatic rings. The second-order valence-electron chi connectivity index (χ2n) is 9.32. The molecule has 0 unspecified atom stereocenters. The third-order valence-electron chi connectivity index (χ3n) is 7.14. The Kier molecular flexibility index (Phi) is 6.63. The van der Waals surface area contributed by atoms with Gasteiger partial charge >= 0.3 is 0 Å². The number of aryl methyl sites for hydroxylation is 1. The van der Waals surface area contributed by atoms with Crippen molar-refractivity contribution in [1.82, 2.24) is 14.4 Å². The highest BCUT2D eigenvalue weighted by Gasteiger charge is 2.23. The molecule has 4 aromatic rings. The Morgan fingerprint density at radius 2 is 1.66 bits per heavy atom. The van der Waals surface area contributed by atoms with Crippen molar-refractivity contribution in [3.8, 4) is 0 Å². The zero-order valence-corrected chi connectivity index (χ0v) is 20.9. The van der Waals surface area contributed by atoms with Gasteiger partial charge in [-0.05, 0) is 60.9 Å². The fourth-order valence-corrected chi connectivity index (χ4v) is 5.16. The molecule has 35 heavy (non-hydrogen) atoms. The molecule has 0 aliphatic carbocycles. The Morgan fingerprint density at radius 3 is 2.37 bits per heavy atom. The fourth-order valence-electron chi connectivity index (χ4n) is 4.94. The van der Waals surface area contributed by atoms with E-state index in [4.69, 9.17) is 11.6 Å². The maximum Gasteiger partial charge on any atom is 0.253 e. The van der Waals surface area contributed by atoms with Gasteiger partial charge in [-0.2, -0.15) is 0 Å². The first kappa shape index (κ1) is 23.6. The number of carbonyl (C=O) groups is 1. The number of aromatic nitrogens is 1. The average Bonchev–Trinajstić information content (AvgIpc) is 3.10. The van der Waals surface area contributed by atoms with E-state index < -0.39 is 0 Å². The van der Waals surface area contributed by atoms with Crippen molar-refractivity contribution in [3.63, 3.8) is 0 Å². The minimum Gasteiger partial charge on any atom is -0.340 e. The smallest absolute Gasteiger partial charge is 0.253 e. The molecule has 1 aromatic heterocycles. The van der Waals surface area contributed by atoms with E-state index >= 15 is 0 Å². The van der Waals surface area contributed by atoms with Crippen LogP contribution in [0.1, 0.15) is 32.7 Å². The molecule has 0 atom stereocenters. The highest BCUT2D eigenvalue weighted by atomic mass is 35.5. The number of piperazine rings is 1.